The predicted octanol–water partition coefficient (Wildman–Crippen LogP) is 4.46. The SMILES string of the molecule is c1cc2nc(OCCCCCCOc3ccc4[nH]ccc4n3)ccc2[nH]1. The lowest BCUT2D eigenvalue weighted by molar-refractivity contribution is 0.278. The number of H-pyrrole nitrogens is 2. The lowest BCUT2D eigenvalue weighted by atomic mass is 10.2. The van der Waals surface area contributed by atoms with Gasteiger partial charge < -0.3 is 19.4 Å². The van der Waals surface area contributed by atoms with Gasteiger partial charge in [0.15, 0.2) is 0 Å². The van der Waals surface area contributed by atoms with Gasteiger partial charge in [-0.05, 0) is 49.9 Å². The molecule has 0 bridgehead atoms. The third kappa shape index (κ3) is 3.96. The van der Waals surface area contributed by atoms with Crippen molar-refractivity contribution in [2.24, 2.45) is 0 Å². The number of nitrogens with zero attached hydrogens (tertiary/aromatic N) is 2. The Balaban J connectivity index is 1.10. The maximum absolute atomic E-state index is 5.72. The van der Waals surface area contributed by atoms with E-state index in [1.54, 1.807) is 0 Å². The molecule has 0 aromatic carbocycles. The van der Waals surface area contributed by atoms with Crippen molar-refractivity contribution in [1.82, 2.24) is 19.9 Å². The summed E-state index contributed by atoms with van der Waals surface area (Å²) in [7, 11) is 0. The van der Waals surface area contributed by atoms with Crippen LogP contribution >= 0.6 is 0 Å². The maximum atomic E-state index is 5.72. The molecule has 0 saturated heterocycles. The molecule has 0 aliphatic carbocycles. The number of hydrogen-bond acceptors (Lipinski definition) is 4. The van der Waals surface area contributed by atoms with Gasteiger partial charge in [-0.1, -0.05) is 0 Å². The Hall–Kier alpha value is -3.02. The summed E-state index contributed by atoms with van der Waals surface area (Å²) >= 11 is 0. The molecule has 0 aliphatic rings. The van der Waals surface area contributed by atoms with Crippen LogP contribution < -0.4 is 9.47 Å². The molecule has 4 rings (SSSR count). The number of unbranched alkanes of at least 4 members (excludes halogenated alkanes) is 3. The second-order valence-electron chi connectivity index (χ2n) is 6.23. The molecule has 134 valence electrons. The molecule has 4 aromatic heterocycles. The number of ether oxygens (including phenoxy) is 2. The van der Waals surface area contributed by atoms with E-state index in [0.29, 0.717) is 25.0 Å². The largest absolute Gasteiger partial charge is 0.478 e. The quantitative estimate of drug-likeness (QED) is 0.437. The highest BCUT2D eigenvalue weighted by molar-refractivity contribution is 5.75. The van der Waals surface area contributed by atoms with Crippen LogP contribution in [0.5, 0.6) is 11.8 Å². The molecule has 0 unspecified atom stereocenters. The van der Waals surface area contributed by atoms with Crippen LogP contribution in [0.4, 0.5) is 0 Å². The van der Waals surface area contributed by atoms with Crippen molar-refractivity contribution in [2.75, 3.05) is 13.2 Å². The van der Waals surface area contributed by atoms with Crippen molar-refractivity contribution in [1.29, 1.82) is 0 Å². The van der Waals surface area contributed by atoms with Gasteiger partial charge in [0, 0.05) is 24.5 Å². The topological polar surface area (TPSA) is 75.8 Å². The van der Waals surface area contributed by atoms with E-state index in [1.165, 1.54) is 0 Å². The second-order valence-corrected chi connectivity index (χ2v) is 6.23. The Morgan fingerprint density at radius 3 is 1.62 bits per heavy atom. The molecule has 0 fully saturated rings. The minimum atomic E-state index is 0.687. The van der Waals surface area contributed by atoms with Gasteiger partial charge >= 0.3 is 0 Å². The molecule has 6 nitrogen and oxygen atoms in total. The zero-order valence-corrected chi connectivity index (χ0v) is 14.6. The van der Waals surface area contributed by atoms with Crippen LogP contribution in [-0.2, 0) is 0 Å². The number of pyridine rings is 2. The molecule has 26 heavy (non-hydrogen) atoms. The summed E-state index contributed by atoms with van der Waals surface area (Å²) in [5.74, 6) is 1.37. The van der Waals surface area contributed by atoms with E-state index in [2.05, 4.69) is 19.9 Å². The molecule has 2 N–H and O–H groups in total. The smallest absolute Gasteiger partial charge is 0.213 e. The van der Waals surface area contributed by atoms with Crippen LogP contribution in [0.25, 0.3) is 22.1 Å². The monoisotopic (exact) mass is 350 g/mol. The predicted molar refractivity (Wildman–Crippen MR) is 102 cm³/mol. The Morgan fingerprint density at radius 2 is 1.12 bits per heavy atom. The molecule has 0 radical (unpaired) electrons. The molecule has 6 heteroatoms. The van der Waals surface area contributed by atoms with Crippen LogP contribution in [0.3, 0.4) is 0 Å². The molecule has 0 atom stereocenters. The standard InChI is InChI=1S/C20H22N4O2/c1(3-13-25-19-7-5-15-17(23-19)9-11-21-15)2-4-14-26-20-8-6-16-18(24-20)10-12-22-16/h5-12,21-22H,1-4,13-14H2. The molecule has 0 spiro atoms. The molecule has 4 heterocycles. The van der Waals surface area contributed by atoms with Gasteiger partial charge in [0.05, 0.1) is 35.3 Å². The molecular formula is C20H22N4O2. The Labute approximate surface area is 151 Å². The summed E-state index contributed by atoms with van der Waals surface area (Å²) in [6, 6.07) is 11.7. The first-order chi connectivity index (χ1) is 12.9. The average molecular weight is 350 g/mol. The van der Waals surface area contributed by atoms with Gasteiger partial charge in [-0.3, -0.25) is 0 Å². The van der Waals surface area contributed by atoms with Crippen molar-refractivity contribution in [3.63, 3.8) is 0 Å². The zero-order chi connectivity index (χ0) is 17.6. The van der Waals surface area contributed by atoms with Crippen LogP contribution in [0.2, 0.25) is 0 Å². The fourth-order valence-corrected chi connectivity index (χ4v) is 2.90. The van der Waals surface area contributed by atoms with Crippen molar-refractivity contribution in [2.45, 2.75) is 25.7 Å². The highest BCUT2D eigenvalue weighted by atomic mass is 16.5. The minimum Gasteiger partial charge on any atom is -0.478 e. The van der Waals surface area contributed by atoms with Crippen molar-refractivity contribution >= 4 is 22.1 Å². The minimum absolute atomic E-state index is 0.687. The summed E-state index contributed by atoms with van der Waals surface area (Å²) in [6.07, 6.45) is 8.02. The first kappa shape index (κ1) is 16.4. The van der Waals surface area contributed by atoms with E-state index in [1.807, 2.05) is 48.8 Å². The number of aromatic nitrogens is 4. The Kier molecular flexibility index (Phi) is 5.00. The van der Waals surface area contributed by atoms with Gasteiger partial charge in [-0.25, -0.2) is 9.97 Å². The first-order valence-corrected chi connectivity index (χ1v) is 9.02. The average Bonchev–Trinajstić information content (AvgIpc) is 3.31. The van der Waals surface area contributed by atoms with E-state index in [-0.39, 0.29) is 0 Å². The van der Waals surface area contributed by atoms with E-state index in [9.17, 15) is 0 Å². The molecular weight excluding hydrogens is 328 g/mol. The third-order valence-corrected chi connectivity index (χ3v) is 4.30. The molecule has 0 aliphatic heterocycles. The van der Waals surface area contributed by atoms with Crippen molar-refractivity contribution < 1.29 is 9.47 Å². The summed E-state index contributed by atoms with van der Waals surface area (Å²) in [5.41, 5.74) is 3.93. The first-order valence-electron chi connectivity index (χ1n) is 9.02. The third-order valence-electron chi connectivity index (χ3n) is 4.30. The number of nitrogens with one attached hydrogen (secondary N) is 2. The Bertz CT molecular complexity index is 896. The lowest BCUT2D eigenvalue weighted by Gasteiger charge is -2.06. The molecule has 0 saturated carbocycles. The van der Waals surface area contributed by atoms with Crippen molar-refractivity contribution in [3.05, 3.63) is 48.8 Å². The number of rotatable bonds is 9. The highest BCUT2D eigenvalue weighted by Gasteiger charge is 2.01. The van der Waals surface area contributed by atoms with E-state index < -0.39 is 0 Å². The fourth-order valence-electron chi connectivity index (χ4n) is 2.90. The summed E-state index contributed by atoms with van der Waals surface area (Å²) in [5, 5.41) is 0. The normalized spacial score (nSPS) is 11.2. The summed E-state index contributed by atoms with van der Waals surface area (Å²) in [6.45, 7) is 1.38. The van der Waals surface area contributed by atoms with Gasteiger partial charge in [-0.2, -0.15) is 0 Å². The number of aromatic amines is 2. The fraction of sp³-hybridized carbons (Fsp3) is 0.300. The van der Waals surface area contributed by atoms with Crippen molar-refractivity contribution in [3.8, 4) is 11.8 Å². The van der Waals surface area contributed by atoms with E-state index in [4.69, 9.17) is 9.47 Å². The van der Waals surface area contributed by atoms with Gasteiger partial charge in [0.1, 0.15) is 0 Å². The van der Waals surface area contributed by atoms with Crippen LogP contribution in [0.1, 0.15) is 25.7 Å². The zero-order valence-electron chi connectivity index (χ0n) is 14.6. The van der Waals surface area contributed by atoms with Crippen LogP contribution in [0.15, 0.2) is 48.8 Å². The maximum Gasteiger partial charge on any atom is 0.213 e. The van der Waals surface area contributed by atoms with Gasteiger partial charge in [0.25, 0.3) is 0 Å². The van der Waals surface area contributed by atoms with E-state index in [0.717, 1.165) is 47.8 Å². The summed E-state index contributed by atoms with van der Waals surface area (Å²) in [4.78, 5) is 15.2. The molecule has 4 aromatic rings. The second kappa shape index (κ2) is 7.91. The Morgan fingerprint density at radius 1 is 0.615 bits per heavy atom. The highest BCUT2D eigenvalue weighted by Crippen LogP contribution is 2.16. The number of hydrogen-bond donors (Lipinski definition) is 2. The van der Waals surface area contributed by atoms with Gasteiger partial charge in [0.2, 0.25) is 11.8 Å². The summed E-state index contributed by atoms with van der Waals surface area (Å²) < 4.78 is 11.4. The van der Waals surface area contributed by atoms with Crippen LogP contribution in [0, 0.1) is 0 Å². The number of fused-ring (bicyclic) bond motifs is 2. The molecule has 0 amide bonds. The van der Waals surface area contributed by atoms with Crippen LogP contribution in [-0.4, -0.2) is 33.1 Å². The lowest BCUT2D eigenvalue weighted by Crippen LogP contribution is -2.01. The van der Waals surface area contributed by atoms with E-state index >= 15 is 0 Å². The van der Waals surface area contributed by atoms with Gasteiger partial charge in [-0.15, -0.1) is 0 Å².